The number of allylic oxidation sites excluding steroid dienone is 2. The van der Waals surface area contributed by atoms with Crippen molar-refractivity contribution in [2.75, 3.05) is 0 Å². The predicted octanol–water partition coefficient (Wildman–Crippen LogP) is 3.78. The van der Waals surface area contributed by atoms with Gasteiger partial charge in [-0.3, -0.25) is 0 Å². The van der Waals surface area contributed by atoms with Crippen LogP contribution in [-0.2, 0) is 0 Å². The fourth-order valence-electron chi connectivity index (χ4n) is 1.93. The Morgan fingerprint density at radius 2 is 1.55 bits per heavy atom. The summed E-state index contributed by atoms with van der Waals surface area (Å²) in [6.07, 6.45) is 9.13. The van der Waals surface area contributed by atoms with Gasteiger partial charge in [-0.1, -0.05) is 39.8 Å². The van der Waals surface area contributed by atoms with Crippen LogP contribution in [0.25, 0.3) is 0 Å². The molecule has 1 fully saturated rings. The lowest BCUT2D eigenvalue weighted by atomic mass is 9.89. The van der Waals surface area contributed by atoms with Gasteiger partial charge in [-0.2, -0.15) is 0 Å². The Kier molecular flexibility index (Phi) is 2.13. The van der Waals surface area contributed by atoms with Crippen LogP contribution in [0.15, 0.2) is 12.2 Å². The second-order valence-electron chi connectivity index (χ2n) is 4.36. The Morgan fingerprint density at radius 3 is 1.73 bits per heavy atom. The van der Waals surface area contributed by atoms with E-state index < -0.39 is 0 Å². The van der Waals surface area contributed by atoms with Crippen LogP contribution in [0.2, 0.25) is 0 Å². The topological polar surface area (TPSA) is 0 Å². The molecule has 1 saturated carbocycles. The summed E-state index contributed by atoms with van der Waals surface area (Å²) in [6, 6.07) is 0. The minimum absolute atomic E-state index is 0.510. The number of hydrogen-bond donors (Lipinski definition) is 0. The highest BCUT2D eigenvalue weighted by molar-refractivity contribution is 5.20. The largest absolute Gasteiger partial charge is 0.0823 e. The Labute approximate surface area is 70.7 Å². The minimum Gasteiger partial charge on any atom is -0.0823 e. The van der Waals surface area contributed by atoms with E-state index in [2.05, 4.69) is 26.0 Å². The maximum atomic E-state index is 2.44. The SMILES string of the molecule is CC.CC1(C)C=CC2(CC2)C1. The maximum absolute atomic E-state index is 2.44. The molecule has 11 heavy (non-hydrogen) atoms. The number of rotatable bonds is 0. The molecule has 0 heteroatoms. The zero-order valence-corrected chi connectivity index (χ0v) is 8.28. The molecule has 0 unspecified atom stereocenters. The van der Waals surface area contributed by atoms with E-state index in [1.165, 1.54) is 19.3 Å². The molecule has 0 atom stereocenters. The molecule has 0 heterocycles. The fraction of sp³-hybridized carbons (Fsp3) is 0.818. The van der Waals surface area contributed by atoms with E-state index in [4.69, 9.17) is 0 Å². The van der Waals surface area contributed by atoms with Crippen molar-refractivity contribution in [3.63, 3.8) is 0 Å². The van der Waals surface area contributed by atoms with E-state index in [0.717, 1.165) is 0 Å². The second-order valence-corrected chi connectivity index (χ2v) is 4.36. The average molecular weight is 152 g/mol. The van der Waals surface area contributed by atoms with Crippen LogP contribution < -0.4 is 0 Å². The molecule has 0 bridgehead atoms. The smallest absolute Gasteiger partial charge is 0.0109 e. The summed E-state index contributed by atoms with van der Waals surface area (Å²) >= 11 is 0. The molecule has 2 aliphatic carbocycles. The van der Waals surface area contributed by atoms with Crippen molar-refractivity contribution in [2.24, 2.45) is 10.8 Å². The van der Waals surface area contributed by atoms with Gasteiger partial charge in [0.05, 0.1) is 0 Å². The van der Waals surface area contributed by atoms with Gasteiger partial charge in [0.25, 0.3) is 0 Å². The van der Waals surface area contributed by atoms with Crippen LogP contribution in [0.3, 0.4) is 0 Å². The minimum atomic E-state index is 0.510. The molecule has 0 aromatic heterocycles. The maximum Gasteiger partial charge on any atom is -0.0109 e. The van der Waals surface area contributed by atoms with Gasteiger partial charge in [-0.25, -0.2) is 0 Å². The molecule has 0 saturated heterocycles. The van der Waals surface area contributed by atoms with Gasteiger partial charge in [0.2, 0.25) is 0 Å². The van der Waals surface area contributed by atoms with Crippen molar-refractivity contribution in [3.05, 3.63) is 12.2 Å². The van der Waals surface area contributed by atoms with Crippen LogP contribution >= 0.6 is 0 Å². The first kappa shape index (κ1) is 8.83. The van der Waals surface area contributed by atoms with E-state index in [-0.39, 0.29) is 0 Å². The van der Waals surface area contributed by atoms with Gasteiger partial charge in [0.1, 0.15) is 0 Å². The molecule has 1 spiro atoms. The van der Waals surface area contributed by atoms with Crippen LogP contribution in [0, 0.1) is 10.8 Å². The lowest BCUT2D eigenvalue weighted by molar-refractivity contribution is 0.398. The molecule has 64 valence electrons. The van der Waals surface area contributed by atoms with Gasteiger partial charge < -0.3 is 0 Å². The van der Waals surface area contributed by atoms with E-state index in [1.54, 1.807) is 0 Å². The Morgan fingerprint density at radius 1 is 1.00 bits per heavy atom. The van der Waals surface area contributed by atoms with Gasteiger partial charge in [0.15, 0.2) is 0 Å². The normalized spacial score (nSPS) is 28.0. The Balaban J connectivity index is 0.000000281. The fourth-order valence-corrected chi connectivity index (χ4v) is 1.93. The van der Waals surface area contributed by atoms with Gasteiger partial charge in [-0.15, -0.1) is 0 Å². The first-order valence-electron chi connectivity index (χ1n) is 4.82. The number of hydrogen-bond acceptors (Lipinski definition) is 0. The van der Waals surface area contributed by atoms with Crippen molar-refractivity contribution < 1.29 is 0 Å². The summed E-state index contributed by atoms with van der Waals surface area (Å²) in [7, 11) is 0. The van der Waals surface area contributed by atoms with Crippen molar-refractivity contribution in [1.29, 1.82) is 0 Å². The summed E-state index contributed by atoms with van der Waals surface area (Å²) in [5.41, 5.74) is 1.21. The van der Waals surface area contributed by atoms with Crippen molar-refractivity contribution in [1.82, 2.24) is 0 Å². The highest BCUT2D eigenvalue weighted by Crippen LogP contribution is 2.58. The van der Waals surface area contributed by atoms with E-state index in [1.807, 2.05) is 13.8 Å². The van der Waals surface area contributed by atoms with E-state index >= 15 is 0 Å². The zero-order valence-electron chi connectivity index (χ0n) is 8.28. The molecule has 0 aromatic carbocycles. The van der Waals surface area contributed by atoms with Gasteiger partial charge >= 0.3 is 0 Å². The summed E-state index contributed by atoms with van der Waals surface area (Å²) in [4.78, 5) is 0. The highest BCUT2D eigenvalue weighted by Gasteiger charge is 2.46. The van der Waals surface area contributed by atoms with E-state index in [0.29, 0.717) is 10.8 Å². The molecular formula is C11H20. The Hall–Kier alpha value is -0.260. The lowest BCUT2D eigenvalue weighted by Gasteiger charge is -2.15. The molecule has 0 nitrogen and oxygen atoms in total. The molecule has 0 aromatic rings. The summed E-state index contributed by atoms with van der Waals surface area (Å²) in [5.74, 6) is 0. The van der Waals surface area contributed by atoms with Crippen molar-refractivity contribution in [3.8, 4) is 0 Å². The van der Waals surface area contributed by atoms with Crippen molar-refractivity contribution in [2.45, 2.75) is 47.0 Å². The molecule has 0 amide bonds. The molecule has 0 radical (unpaired) electrons. The van der Waals surface area contributed by atoms with Gasteiger partial charge in [0, 0.05) is 0 Å². The molecule has 0 N–H and O–H groups in total. The predicted molar refractivity (Wildman–Crippen MR) is 50.6 cm³/mol. The van der Waals surface area contributed by atoms with Crippen molar-refractivity contribution >= 4 is 0 Å². The van der Waals surface area contributed by atoms with Crippen LogP contribution in [0.1, 0.15) is 47.0 Å². The molecule has 2 rings (SSSR count). The third-order valence-corrected chi connectivity index (χ3v) is 2.59. The average Bonchev–Trinajstić information content (AvgIpc) is 2.62. The lowest BCUT2D eigenvalue weighted by Crippen LogP contribution is -2.05. The first-order chi connectivity index (χ1) is 5.12. The summed E-state index contributed by atoms with van der Waals surface area (Å²) in [5, 5.41) is 0. The second kappa shape index (κ2) is 2.66. The molecular weight excluding hydrogens is 132 g/mol. The summed E-state index contributed by atoms with van der Waals surface area (Å²) < 4.78 is 0. The molecule has 2 aliphatic rings. The monoisotopic (exact) mass is 152 g/mol. The summed E-state index contributed by atoms with van der Waals surface area (Å²) in [6.45, 7) is 8.66. The first-order valence-corrected chi connectivity index (χ1v) is 4.82. The van der Waals surface area contributed by atoms with Crippen LogP contribution in [0.5, 0.6) is 0 Å². The van der Waals surface area contributed by atoms with Crippen LogP contribution in [0.4, 0.5) is 0 Å². The van der Waals surface area contributed by atoms with Gasteiger partial charge in [-0.05, 0) is 30.1 Å². The standard InChI is InChI=1S/C9H14.C2H6/c1-8(2)3-4-9(7-8)5-6-9;1-2/h3-4H,5-7H2,1-2H3;1-2H3. The highest BCUT2D eigenvalue weighted by atomic mass is 14.5. The Bertz CT molecular complexity index is 153. The zero-order chi connectivity index (χ0) is 8.54. The molecule has 0 aliphatic heterocycles. The third-order valence-electron chi connectivity index (χ3n) is 2.59. The van der Waals surface area contributed by atoms with E-state index in [9.17, 15) is 0 Å². The van der Waals surface area contributed by atoms with Crippen LogP contribution in [-0.4, -0.2) is 0 Å². The third kappa shape index (κ3) is 1.85. The quantitative estimate of drug-likeness (QED) is 0.463.